The fraction of sp³-hybridized carbons (Fsp3) is 0.211. The molecule has 8 heteroatoms. The first-order chi connectivity index (χ1) is 12.9. The van der Waals surface area contributed by atoms with Gasteiger partial charge in [-0.1, -0.05) is 23.9 Å². The average molecular weight is 389 g/mol. The van der Waals surface area contributed by atoms with Gasteiger partial charge in [0.25, 0.3) is 5.56 Å². The number of aromatic nitrogens is 2. The zero-order valence-electron chi connectivity index (χ0n) is 14.7. The molecule has 2 aromatic carbocycles. The number of halogens is 2. The minimum atomic E-state index is -1.04. The Labute approximate surface area is 158 Å². The molecule has 0 spiro atoms. The molecule has 0 bridgehead atoms. The molecular formula is C19H17F2N3O2S. The summed E-state index contributed by atoms with van der Waals surface area (Å²) in [4.78, 5) is 29.4. The minimum absolute atomic E-state index is 0.0313. The van der Waals surface area contributed by atoms with Crippen molar-refractivity contribution in [2.24, 2.45) is 0 Å². The maximum absolute atomic E-state index is 13.2. The monoisotopic (exact) mass is 389 g/mol. The van der Waals surface area contributed by atoms with Gasteiger partial charge in [0, 0.05) is 17.8 Å². The number of nitrogens with zero attached hydrogens (tertiary/aromatic N) is 2. The molecule has 0 saturated heterocycles. The maximum Gasteiger partial charge on any atom is 0.262 e. The molecule has 0 aliphatic heterocycles. The summed E-state index contributed by atoms with van der Waals surface area (Å²) >= 11 is 1.11. The van der Waals surface area contributed by atoms with Crippen molar-refractivity contribution in [2.75, 3.05) is 11.1 Å². The van der Waals surface area contributed by atoms with Gasteiger partial charge in [-0.05, 0) is 38.1 Å². The first kappa shape index (κ1) is 19.0. The van der Waals surface area contributed by atoms with Gasteiger partial charge in [-0.3, -0.25) is 14.2 Å². The predicted octanol–water partition coefficient (Wildman–Crippen LogP) is 3.99. The van der Waals surface area contributed by atoms with Crippen LogP contribution in [-0.2, 0) is 4.79 Å². The number of carbonyl (C=O) groups is 1. The smallest absolute Gasteiger partial charge is 0.262 e. The Morgan fingerprint density at radius 2 is 1.93 bits per heavy atom. The van der Waals surface area contributed by atoms with E-state index in [-0.39, 0.29) is 23.0 Å². The van der Waals surface area contributed by atoms with E-state index in [1.54, 1.807) is 24.3 Å². The van der Waals surface area contributed by atoms with Gasteiger partial charge >= 0.3 is 0 Å². The highest BCUT2D eigenvalue weighted by atomic mass is 32.2. The Balaban J connectivity index is 1.81. The fourth-order valence-electron chi connectivity index (χ4n) is 2.58. The summed E-state index contributed by atoms with van der Waals surface area (Å²) in [6.45, 7) is 3.73. The van der Waals surface area contributed by atoms with Crippen LogP contribution < -0.4 is 10.9 Å². The standard InChI is InChI=1S/C19H17F2N3O2S/c1-11(2)24-18(26)13-5-3-4-6-16(13)23-19(24)27-10-17(25)22-12-7-8-14(20)15(21)9-12/h3-9,11H,10H2,1-2H3,(H,22,25). The summed E-state index contributed by atoms with van der Waals surface area (Å²) < 4.78 is 27.7. The number of amides is 1. The summed E-state index contributed by atoms with van der Waals surface area (Å²) in [6, 6.07) is 10.0. The summed E-state index contributed by atoms with van der Waals surface area (Å²) in [5.41, 5.74) is 0.550. The first-order valence-electron chi connectivity index (χ1n) is 8.26. The lowest BCUT2D eigenvalue weighted by Gasteiger charge is -2.16. The van der Waals surface area contributed by atoms with Crippen LogP contribution in [0.1, 0.15) is 19.9 Å². The number of carbonyl (C=O) groups excluding carboxylic acids is 1. The molecule has 5 nitrogen and oxygen atoms in total. The van der Waals surface area contributed by atoms with Crippen molar-refractivity contribution in [2.45, 2.75) is 25.0 Å². The second kappa shape index (κ2) is 7.87. The van der Waals surface area contributed by atoms with E-state index in [0.29, 0.717) is 16.1 Å². The van der Waals surface area contributed by atoms with E-state index < -0.39 is 17.5 Å². The largest absolute Gasteiger partial charge is 0.325 e. The molecule has 0 aliphatic carbocycles. The number of fused-ring (bicyclic) bond motifs is 1. The van der Waals surface area contributed by atoms with Crippen molar-refractivity contribution in [3.63, 3.8) is 0 Å². The van der Waals surface area contributed by atoms with Gasteiger partial charge in [-0.15, -0.1) is 0 Å². The van der Waals surface area contributed by atoms with Gasteiger partial charge in [0.1, 0.15) is 0 Å². The zero-order valence-corrected chi connectivity index (χ0v) is 15.5. The third-order valence-electron chi connectivity index (χ3n) is 3.83. The molecule has 0 aliphatic rings. The molecule has 0 atom stereocenters. The normalized spacial score (nSPS) is 11.1. The van der Waals surface area contributed by atoms with E-state index in [0.717, 1.165) is 23.9 Å². The Bertz CT molecular complexity index is 1070. The fourth-order valence-corrected chi connectivity index (χ4v) is 3.51. The Morgan fingerprint density at radius 1 is 1.19 bits per heavy atom. The van der Waals surface area contributed by atoms with Crippen LogP contribution in [0, 0.1) is 11.6 Å². The minimum Gasteiger partial charge on any atom is -0.325 e. The molecule has 0 fully saturated rings. The highest BCUT2D eigenvalue weighted by Gasteiger charge is 2.15. The number of anilines is 1. The van der Waals surface area contributed by atoms with Crippen molar-refractivity contribution in [1.82, 2.24) is 9.55 Å². The quantitative estimate of drug-likeness (QED) is 0.529. The number of rotatable bonds is 5. The number of para-hydroxylation sites is 1. The van der Waals surface area contributed by atoms with Crippen molar-refractivity contribution in [3.05, 3.63) is 64.5 Å². The second-order valence-electron chi connectivity index (χ2n) is 6.15. The molecule has 27 heavy (non-hydrogen) atoms. The van der Waals surface area contributed by atoms with Gasteiger partial charge in [-0.2, -0.15) is 0 Å². The van der Waals surface area contributed by atoms with Crippen LogP contribution in [0.5, 0.6) is 0 Å². The summed E-state index contributed by atoms with van der Waals surface area (Å²) in [5, 5.41) is 3.44. The van der Waals surface area contributed by atoms with Crippen LogP contribution >= 0.6 is 11.8 Å². The van der Waals surface area contributed by atoms with E-state index in [1.165, 1.54) is 10.6 Å². The van der Waals surface area contributed by atoms with Crippen LogP contribution in [0.25, 0.3) is 10.9 Å². The summed E-state index contributed by atoms with van der Waals surface area (Å²) in [5.74, 6) is -2.46. The topological polar surface area (TPSA) is 64.0 Å². The molecule has 140 valence electrons. The molecule has 0 saturated carbocycles. The van der Waals surface area contributed by atoms with Gasteiger partial charge < -0.3 is 5.32 Å². The Kier molecular flexibility index (Phi) is 5.55. The number of nitrogens with one attached hydrogen (secondary N) is 1. The van der Waals surface area contributed by atoms with Gasteiger partial charge in [0.2, 0.25) is 5.91 Å². The highest BCUT2D eigenvalue weighted by Crippen LogP contribution is 2.21. The number of hydrogen-bond acceptors (Lipinski definition) is 4. The third kappa shape index (κ3) is 4.16. The van der Waals surface area contributed by atoms with Crippen LogP contribution in [0.2, 0.25) is 0 Å². The number of benzene rings is 2. The van der Waals surface area contributed by atoms with Crippen molar-refractivity contribution in [3.8, 4) is 0 Å². The maximum atomic E-state index is 13.2. The SMILES string of the molecule is CC(C)n1c(SCC(=O)Nc2ccc(F)c(F)c2)nc2ccccc2c1=O. The van der Waals surface area contributed by atoms with Gasteiger partial charge in [0.05, 0.1) is 16.7 Å². The first-order valence-corrected chi connectivity index (χ1v) is 9.24. The lowest BCUT2D eigenvalue weighted by Crippen LogP contribution is -2.25. The van der Waals surface area contributed by atoms with Crippen LogP contribution in [0.4, 0.5) is 14.5 Å². The molecule has 1 heterocycles. The summed E-state index contributed by atoms with van der Waals surface area (Å²) in [6.07, 6.45) is 0. The lowest BCUT2D eigenvalue weighted by molar-refractivity contribution is -0.113. The van der Waals surface area contributed by atoms with Crippen LogP contribution in [-0.4, -0.2) is 21.2 Å². The molecule has 1 amide bonds. The van der Waals surface area contributed by atoms with Gasteiger partial charge in [-0.25, -0.2) is 13.8 Å². The van der Waals surface area contributed by atoms with E-state index in [4.69, 9.17) is 0 Å². The van der Waals surface area contributed by atoms with E-state index in [9.17, 15) is 18.4 Å². The van der Waals surface area contributed by atoms with Crippen molar-refractivity contribution >= 4 is 34.3 Å². The summed E-state index contributed by atoms with van der Waals surface area (Å²) in [7, 11) is 0. The Morgan fingerprint density at radius 3 is 2.63 bits per heavy atom. The zero-order chi connectivity index (χ0) is 19.6. The predicted molar refractivity (Wildman–Crippen MR) is 102 cm³/mol. The second-order valence-corrected chi connectivity index (χ2v) is 7.09. The average Bonchev–Trinajstić information content (AvgIpc) is 2.63. The third-order valence-corrected chi connectivity index (χ3v) is 4.78. The molecule has 3 aromatic rings. The highest BCUT2D eigenvalue weighted by molar-refractivity contribution is 7.99. The van der Waals surface area contributed by atoms with E-state index >= 15 is 0 Å². The molecule has 0 unspecified atom stereocenters. The van der Waals surface area contributed by atoms with Crippen LogP contribution in [0.3, 0.4) is 0 Å². The molecule has 0 radical (unpaired) electrons. The lowest BCUT2D eigenvalue weighted by atomic mass is 10.2. The van der Waals surface area contributed by atoms with E-state index in [1.807, 2.05) is 13.8 Å². The van der Waals surface area contributed by atoms with Gasteiger partial charge in [0.15, 0.2) is 16.8 Å². The van der Waals surface area contributed by atoms with Crippen molar-refractivity contribution < 1.29 is 13.6 Å². The number of hydrogen-bond donors (Lipinski definition) is 1. The molecular weight excluding hydrogens is 372 g/mol. The van der Waals surface area contributed by atoms with E-state index in [2.05, 4.69) is 10.3 Å². The van der Waals surface area contributed by atoms with Crippen LogP contribution in [0.15, 0.2) is 52.4 Å². The molecule has 1 aromatic heterocycles. The Hall–Kier alpha value is -2.74. The molecule has 3 rings (SSSR count). The van der Waals surface area contributed by atoms with Crippen molar-refractivity contribution in [1.29, 1.82) is 0 Å². The number of thioether (sulfide) groups is 1. The molecule has 1 N–H and O–H groups in total.